The van der Waals surface area contributed by atoms with Crippen molar-refractivity contribution in [1.29, 1.82) is 0 Å². The van der Waals surface area contributed by atoms with Crippen LogP contribution in [0.5, 0.6) is 5.75 Å². The number of methoxy groups -OCH3 is 1. The summed E-state index contributed by atoms with van der Waals surface area (Å²) < 4.78 is 10.1. The van der Waals surface area contributed by atoms with Crippen LogP contribution in [0.2, 0.25) is 0 Å². The number of benzene rings is 1. The molecule has 0 atom stereocenters. The van der Waals surface area contributed by atoms with Crippen molar-refractivity contribution in [2.45, 2.75) is 13.8 Å². The first kappa shape index (κ1) is 14.8. The summed E-state index contributed by atoms with van der Waals surface area (Å²) in [5.74, 6) is 0.0238. The van der Waals surface area contributed by atoms with Crippen molar-refractivity contribution in [1.82, 2.24) is 4.98 Å². The van der Waals surface area contributed by atoms with Gasteiger partial charge < -0.3 is 14.5 Å². The molecule has 2 rings (SSSR count). The summed E-state index contributed by atoms with van der Waals surface area (Å²) in [7, 11) is 1.56. The molecule has 5 heteroatoms. The zero-order valence-corrected chi connectivity index (χ0v) is 12.2. The summed E-state index contributed by atoms with van der Waals surface area (Å²) in [6, 6.07) is 7.15. The fourth-order valence-electron chi connectivity index (χ4n) is 2.11. The van der Waals surface area contributed by atoms with Crippen LogP contribution in [0.3, 0.4) is 0 Å². The number of carbonyl (C=O) groups is 1. The Kier molecular flexibility index (Phi) is 4.42. The number of aromatic amines is 1. The van der Waals surface area contributed by atoms with Gasteiger partial charge >= 0.3 is 5.97 Å². The Morgan fingerprint density at radius 1 is 1.33 bits per heavy atom. The van der Waals surface area contributed by atoms with E-state index < -0.39 is 5.97 Å². The van der Waals surface area contributed by atoms with Gasteiger partial charge in [-0.1, -0.05) is 12.1 Å². The minimum atomic E-state index is -0.622. The third-order valence-electron chi connectivity index (χ3n) is 3.13. The molecule has 0 aliphatic heterocycles. The third-order valence-corrected chi connectivity index (χ3v) is 3.13. The van der Waals surface area contributed by atoms with Gasteiger partial charge in [-0.3, -0.25) is 4.79 Å². The van der Waals surface area contributed by atoms with Gasteiger partial charge in [-0.15, -0.1) is 0 Å². The molecule has 0 spiro atoms. The second-order valence-electron chi connectivity index (χ2n) is 4.48. The number of rotatable bonds is 4. The summed E-state index contributed by atoms with van der Waals surface area (Å²) >= 11 is 0. The van der Waals surface area contributed by atoms with E-state index in [1.54, 1.807) is 45.2 Å². The molecule has 1 N–H and O–H groups in total. The second kappa shape index (κ2) is 6.26. The van der Waals surface area contributed by atoms with Crippen LogP contribution in [0.4, 0.5) is 0 Å². The molecule has 0 unspecified atom stereocenters. The topological polar surface area (TPSA) is 68.4 Å². The van der Waals surface area contributed by atoms with Crippen molar-refractivity contribution < 1.29 is 14.3 Å². The lowest BCUT2D eigenvalue weighted by molar-refractivity contribution is 0.0524. The number of pyridine rings is 1. The van der Waals surface area contributed by atoms with E-state index in [2.05, 4.69) is 4.98 Å². The maximum Gasteiger partial charge on any atom is 0.343 e. The number of hydrogen-bond acceptors (Lipinski definition) is 4. The van der Waals surface area contributed by atoms with Crippen LogP contribution in [0, 0.1) is 6.92 Å². The zero-order valence-electron chi connectivity index (χ0n) is 12.2. The minimum absolute atomic E-state index is 0.000250. The molecule has 0 aliphatic carbocycles. The average Bonchev–Trinajstić information content (AvgIpc) is 2.48. The largest absolute Gasteiger partial charge is 0.497 e. The van der Waals surface area contributed by atoms with Gasteiger partial charge in [0.05, 0.1) is 13.7 Å². The number of nitrogens with one attached hydrogen (secondary N) is 1. The average molecular weight is 287 g/mol. The van der Waals surface area contributed by atoms with Crippen LogP contribution in [0.25, 0.3) is 11.1 Å². The SMILES string of the molecule is CCOC(=O)c1c[nH]c(C)c(-c2cccc(OC)c2)c1=O. The lowest BCUT2D eigenvalue weighted by atomic mass is 10.0. The zero-order chi connectivity index (χ0) is 15.4. The van der Waals surface area contributed by atoms with Crippen LogP contribution in [-0.4, -0.2) is 24.7 Å². The molecule has 110 valence electrons. The molecule has 1 aromatic heterocycles. The minimum Gasteiger partial charge on any atom is -0.497 e. The van der Waals surface area contributed by atoms with E-state index in [4.69, 9.17) is 9.47 Å². The Hall–Kier alpha value is -2.56. The number of carbonyl (C=O) groups excluding carboxylic acids is 1. The molecule has 0 amide bonds. The highest BCUT2D eigenvalue weighted by Gasteiger charge is 2.17. The Morgan fingerprint density at radius 3 is 2.76 bits per heavy atom. The maximum atomic E-state index is 12.5. The number of aryl methyl sites for hydroxylation is 1. The van der Waals surface area contributed by atoms with Crippen molar-refractivity contribution in [3.8, 4) is 16.9 Å². The first-order valence-electron chi connectivity index (χ1n) is 6.62. The smallest absolute Gasteiger partial charge is 0.343 e. The van der Waals surface area contributed by atoms with E-state index in [1.807, 2.05) is 0 Å². The molecule has 5 nitrogen and oxygen atoms in total. The van der Waals surface area contributed by atoms with Gasteiger partial charge in [0.2, 0.25) is 5.43 Å². The van der Waals surface area contributed by atoms with E-state index >= 15 is 0 Å². The molecule has 0 bridgehead atoms. The highest BCUT2D eigenvalue weighted by atomic mass is 16.5. The van der Waals surface area contributed by atoms with Crippen molar-refractivity contribution in [3.05, 3.63) is 51.9 Å². The van der Waals surface area contributed by atoms with E-state index in [0.717, 1.165) is 0 Å². The molecule has 0 saturated heterocycles. The molecule has 0 fully saturated rings. The van der Waals surface area contributed by atoms with Crippen molar-refractivity contribution in [2.24, 2.45) is 0 Å². The van der Waals surface area contributed by atoms with Gasteiger partial charge in [0.25, 0.3) is 0 Å². The van der Waals surface area contributed by atoms with Crippen molar-refractivity contribution >= 4 is 5.97 Å². The number of H-pyrrole nitrogens is 1. The Bertz CT molecular complexity index is 718. The summed E-state index contributed by atoms with van der Waals surface area (Å²) in [5.41, 5.74) is 1.47. The van der Waals surface area contributed by atoms with E-state index in [1.165, 1.54) is 6.20 Å². The molecular formula is C16H17NO4. The maximum absolute atomic E-state index is 12.5. The van der Waals surface area contributed by atoms with Gasteiger partial charge in [0, 0.05) is 17.5 Å². The fourth-order valence-corrected chi connectivity index (χ4v) is 2.11. The number of esters is 1. The quantitative estimate of drug-likeness (QED) is 0.877. The number of hydrogen-bond donors (Lipinski definition) is 1. The molecule has 0 radical (unpaired) electrons. The van der Waals surface area contributed by atoms with Crippen LogP contribution >= 0.6 is 0 Å². The highest BCUT2D eigenvalue weighted by molar-refractivity contribution is 5.90. The molecule has 2 aromatic rings. The van der Waals surface area contributed by atoms with Gasteiger partial charge in [-0.25, -0.2) is 4.79 Å². The van der Waals surface area contributed by atoms with Gasteiger partial charge in [-0.05, 0) is 31.5 Å². The van der Waals surface area contributed by atoms with Gasteiger partial charge in [-0.2, -0.15) is 0 Å². The monoisotopic (exact) mass is 287 g/mol. The lowest BCUT2D eigenvalue weighted by Gasteiger charge is -2.09. The van der Waals surface area contributed by atoms with Gasteiger partial charge in [0.1, 0.15) is 11.3 Å². The summed E-state index contributed by atoms with van der Waals surface area (Å²) in [5, 5.41) is 0. The molecule has 0 saturated carbocycles. The van der Waals surface area contributed by atoms with Crippen molar-refractivity contribution in [3.63, 3.8) is 0 Å². The standard InChI is InChI=1S/C16H17NO4/c1-4-21-16(19)13-9-17-10(2)14(15(13)18)11-6-5-7-12(8-11)20-3/h5-9H,4H2,1-3H3,(H,17,18). The summed E-state index contributed by atoms with van der Waals surface area (Å²) in [4.78, 5) is 27.3. The fraction of sp³-hybridized carbons (Fsp3) is 0.250. The van der Waals surface area contributed by atoms with Crippen LogP contribution in [0.15, 0.2) is 35.3 Å². The first-order valence-corrected chi connectivity index (χ1v) is 6.62. The Labute approximate surface area is 122 Å². The molecular weight excluding hydrogens is 270 g/mol. The number of aromatic nitrogens is 1. The van der Waals surface area contributed by atoms with Crippen molar-refractivity contribution in [2.75, 3.05) is 13.7 Å². The molecule has 21 heavy (non-hydrogen) atoms. The third kappa shape index (κ3) is 2.97. The summed E-state index contributed by atoms with van der Waals surface area (Å²) in [6.45, 7) is 3.70. The van der Waals surface area contributed by atoms with Crippen LogP contribution < -0.4 is 10.2 Å². The Balaban J connectivity index is 2.60. The normalized spacial score (nSPS) is 10.2. The van der Waals surface area contributed by atoms with E-state index in [9.17, 15) is 9.59 Å². The predicted molar refractivity (Wildman–Crippen MR) is 79.7 cm³/mol. The van der Waals surface area contributed by atoms with Crippen LogP contribution in [-0.2, 0) is 4.74 Å². The predicted octanol–water partition coefficient (Wildman–Crippen LogP) is 2.54. The molecule has 1 heterocycles. The highest BCUT2D eigenvalue weighted by Crippen LogP contribution is 2.23. The second-order valence-corrected chi connectivity index (χ2v) is 4.48. The molecule has 1 aromatic carbocycles. The van der Waals surface area contributed by atoms with E-state index in [-0.39, 0.29) is 17.6 Å². The Morgan fingerprint density at radius 2 is 2.10 bits per heavy atom. The first-order chi connectivity index (χ1) is 10.1. The lowest BCUT2D eigenvalue weighted by Crippen LogP contribution is -2.20. The van der Waals surface area contributed by atoms with Gasteiger partial charge in [0.15, 0.2) is 0 Å². The molecule has 0 aliphatic rings. The van der Waals surface area contributed by atoms with Crippen LogP contribution in [0.1, 0.15) is 23.0 Å². The summed E-state index contributed by atoms with van der Waals surface area (Å²) in [6.07, 6.45) is 1.39. The number of ether oxygens (including phenoxy) is 2. The van der Waals surface area contributed by atoms with E-state index in [0.29, 0.717) is 22.6 Å².